The van der Waals surface area contributed by atoms with Crippen LogP contribution in [0.25, 0.3) is 0 Å². The highest BCUT2D eigenvalue weighted by Gasteiger charge is 2.05. The first-order valence-corrected chi connectivity index (χ1v) is 6.22. The second-order valence-electron chi connectivity index (χ2n) is 4.36. The van der Waals surface area contributed by atoms with Crippen molar-refractivity contribution in [3.05, 3.63) is 0 Å². The van der Waals surface area contributed by atoms with Crippen LogP contribution in [0.5, 0.6) is 0 Å². The summed E-state index contributed by atoms with van der Waals surface area (Å²) >= 11 is 0. The lowest BCUT2D eigenvalue weighted by atomic mass is 9.92. The highest BCUT2D eigenvalue weighted by molar-refractivity contribution is 5.46. The van der Waals surface area contributed by atoms with Gasteiger partial charge in [-0.15, -0.1) is 0 Å². The van der Waals surface area contributed by atoms with E-state index < -0.39 is 0 Å². The predicted octanol–water partition coefficient (Wildman–Crippen LogP) is 3.61. The van der Waals surface area contributed by atoms with Gasteiger partial charge < -0.3 is 5.32 Å². The van der Waals surface area contributed by atoms with E-state index >= 15 is 0 Å². The Balaban J connectivity index is 0. The molecule has 2 nitrogen and oxygen atoms in total. The van der Waals surface area contributed by atoms with Gasteiger partial charge in [-0.05, 0) is 25.2 Å². The lowest BCUT2D eigenvalue weighted by Crippen LogP contribution is -2.22. The normalized spacial score (nSPS) is 15.6. The maximum Gasteiger partial charge on any atom is 0.207 e. The molecule has 3 atom stereocenters. The van der Waals surface area contributed by atoms with Gasteiger partial charge in [0.25, 0.3) is 0 Å². The molecule has 0 aliphatic carbocycles. The maximum absolute atomic E-state index is 9.66. The molecule has 2 heteroatoms. The summed E-state index contributed by atoms with van der Waals surface area (Å²) in [5, 5.41) is 2.61. The molecule has 0 aromatic heterocycles. The van der Waals surface area contributed by atoms with Gasteiger partial charge in [0.15, 0.2) is 0 Å². The lowest BCUT2D eigenvalue weighted by Gasteiger charge is -2.14. The third-order valence-electron chi connectivity index (χ3n) is 3.22. The van der Waals surface area contributed by atoms with Crippen molar-refractivity contribution in [1.29, 1.82) is 0 Å². The number of carbonyl (C=O) groups excluding carboxylic acids is 1. The van der Waals surface area contributed by atoms with Crippen LogP contribution in [0.1, 0.15) is 60.8 Å². The first kappa shape index (κ1) is 16.9. The SMILES string of the molecule is CCC(C)C(C)CC.CCC(C)NC=O. The summed E-state index contributed by atoms with van der Waals surface area (Å²) in [6.07, 6.45) is 4.39. The number of amides is 1. The van der Waals surface area contributed by atoms with Crippen molar-refractivity contribution in [3.8, 4) is 0 Å². The van der Waals surface area contributed by atoms with Crippen LogP contribution in [0.3, 0.4) is 0 Å². The van der Waals surface area contributed by atoms with Gasteiger partial charge in [-0.1, -0.05) is 47.5 Å². The minimum Gasteiger partial charge on any atom is -0.356 e. The van der Waals surface area contributed by atoms with Crippen LogP contribution in [0.2, 0.25) is 0 Å². The van der Waals surface area contributed by atoms with E-state index in [0.717, 1.165) is 24.7 Å². The zero-order chi connectivity index (χ0) is 12.3. The third kappa shape index (κ3) is 11.4. The van der Waals surface area contributed by atoms with Crippen LogP contribution in [-0.2, 0) is 4.79 Å². The van der Waals surface area contributed by atoms with Gasteiger partial charge in [-0.2, -0.15) is 0 Å². The summed E-state index contributed by atoms with van der Waals surface area (Å²) < 4.78 is 0. The van der Waals surface area contributed by atoms with Crippen molar-refractivity contribution in [2.45, 2.75) is 66.8 Å². The van der Waals surface area contributed by atoms with Crippen LogP contribution in [0.15, 0.2) is 0 Å². The fraction of sp³-hybridized carbons (Fsp3) is 0.923. The van der Waals surface area contributed by atoms with Crippen LogP contribution in [0.4, 0.5) is 0 Å². The Labute approximate surface area is 95.8 Å². The Bertz CT molecular complexity index is 128. The summed E-state index contributed by atoms with van der Waals surface area (Å²) in [6, 6.07) is 0.331. The largest absolute Gasteiger partial charge is 0.356 e. The Morgan fingerprint density at radius 3 is 1.47 bits per heavy atom. The van der Waals surface area contributed by atoms with Crippen molar-refractivity contribution < 1.29 is 4.79 Å². The molecule has 0 aromatic carbocycles. The van der Waals surface area contributed by atoms with Gasteiger partial charge in [0.1, 0.15) is 0 Å². The molecule has 0 fully saturated rings. The van der Waals surface area contributed by atoms with E-state index in [-0.39, 0.29) is 0 Å². The Morgan fingerprint density at radius 1 is 0.933 bits per heavy atom. The molecule has 92 valence electrons. The molecule has 0 aliphatic heterocycles. The van der Waals surface area contributed by atoms with Crippen LogP contribution in [0, 0.1) is 11.8 Å². The highest BCUT2D eigenvalue weighted by atomic mass is 16.1. The number of hydrogen-bond acceptors (Lipinski definition) is 1. The zero-order valence-electron chi connectivity index (χ0n) is 11.3. The van der Waals surface area contributed by atoms with Crippen molar-refractivity contribution in [3.63, 3.8) is 0 Å². The molecule has 0 spiro atoms. The number of rotatable bonds is 6. The number of hydrogen-bond donors (Lipinski definition) is 1. The smallest absolute Gasteiger partial charge is 0.207 e. The zero-order valence-corrected chi connectivity index (χ0v) is 11.3. The van der Waals surface area contributed by atoms with Crippen LogP contribution < -0.4 is 5.32 Å². The quantitative estimate of drug-likeness (QED) is 0.674. The molecule has 0 rings (SSSR count). The van der Waals surface area contributed by atoms with Crippen molar-refractivity contribution in [2.24, 2.45) is 11.8 Å². The molecule has 0 saturated heterocycles. The number of nitrogens with one attached hydrogen (secondary N) is 1. The average Bonchev–Trinajstić information content (AvgIpc) is 2.27. The molecule has 15 heavy (non-hydrogen) atoms. The first-order chi connectivity index (χ1) is 7.03. The first-order valence-electron chi connectivity index (χ1n) is 6.22. The fourth-order valence-corrected chi connectivity index (χ4v) is 1.04. The second-order valence-corrected chi connectivity index (χ2v) is 4.36. The molecule has 1 amide bonds. The van der Waals surface area contributed by atoms with Gasteiger partial charge in [0.05, 0.1) is 0 Å². The molecule has 0 saturated carbocycles. The van der Waals surface area contributed by atoms with Gasteiger partial charge in [-0.3, -0.25) is 4.79 Å². The van der Waals surface area contributed by atoms with Gasteiger partial charge >= 0.3 is 0 Å². The standard InChI is InChI=1S/C8H18.C5H11NO/c1-5-7(3)8(4)6-2;1-3-5(2)6-4-7/h7-8H,5-6H2,1-4H3;4-5H,3H2,1-2H3,(H,6,7). The monoisotopic (exact) mass is 215 g/mol. The molecule has 1 N–H and O–H groups in total. The Hall–Kier alpha value is -0.530. The van der Waals surface area contributed by atoms with Crippen LogP contribution in [-0.4, -0.2) is 12.5 Å². The molecule has 0 bridgehead atoms. The molecule has 0 heterocycles. The second kappa shape index (κ2) is 11.5. The van der Waals surface area contributed by atoms with Gasteiger partial charge in [0.2, 0.25) is 6.41 Å². The Kier molecular flexibility index (Phi) is 13.0. The van der Waals surface area contributed by atoms with E-state index in [0.29, 0.717) is 6.04 Å². The minimum atomic E-state index is 0.331. The van der Waals surface area contributed by atoms with E-state index in [1.165, 1.54) is 12.8 Å². The summed E-state index contributed by atoms with van der Waals surface area (Å²) in [4.78, 5) is 9.66. The average molecular weight is 215 g/mol. The van der Waals surface area contributed by atoms with E-state index in [1.54, 1.807) is 0 Å². The number of carbonyl (C=O) groups is 1. The summed E-state index contributed by atoms with van der Waals surface area (Å²) in [7, 11) is 0. The lowest BCUT2D eigenvalue weighted by molar-refractivity contribution is -0.110. The molecule has 3 unspecified atom stereocenters. The predicted molar refractivity (Wildman–Crippen MR) is 67.9 cm³/mol. The minimum absolute atomic E-state index is 0.331. The van der Waals surface area contributed by atoms with Gasteiger partial charge in [-0.25, -0.2) is 0 Å². The van der Waals surface area contributed by atoms with Gasteiger partial charge in [0, 0.05) is 6.04 Å². The molecule has 0 radical (unpaired) electrons. The van der Waals surface area contributed by atoms with E-state index in [9.17, 15) is 4.79 Å². The summed E-state index contributed by atoms with van der Waals surface area (Å²) in [6.45, 7) is 13.2. The van der Waals surface area contributed by atoms with Crippen molar-refractivity contribution in [2.75, 3.05) is 0 Å². The topological polar surface area (TPSA) is 29.1 Å². The summed E-state index contributed by atoms with van der Waals surface area (Å²) in [5.41, 5.74) is 0. The summed E-state index contributed by atoms with van der Waals surface area (Å²) in [5.74, 6) is 1.83. The fourth-order valence-electron chi connectivity index (χ4n) is 1.04. The third-order valence-corrected chi connectivity index (χ3v) is 3.22. The molecular weight excluding hydrogens is 186 g/mol. The van der Waals surface area contributed by atoms with Crippen LogP contribution >= 0.6 is 0 Å². The van der Waals surface area contributed by atoms with Crippen molar-refractivity contribution in [1.82, 2.24) is 5.32 Å². The van der Waals surface area contributed by atoms with E-state index in [2.05, 4.69) is 33.0 Å². The molecular formula is C13H29NO. The van der Waals surface area contributed by atoms with E-state index in [4.69, 9.17) is 0 Å². The van der Waals surface area contributed by atoms with E-state index in [1.807, 2.05) is 13.8 Å². The van der Waals surface area contributed by atoms with Crippen molar-refractivity contribution >= 4 is 6.41 Å². The maximum atomic E-state index is 9.66. The Morgan fingerprint density at radius 2 is 1.33 bits per heavy atom. The molecule has 0 aliphatic rings. The highest BCUT2D eigenvalue weighted by Crippen LogP contribution is 2.16. The molecule has 0 aromatic rings.